The van der Waals surface area contributed by atoms with Crippen LogP contribution in [-0.2, 0) is 9.47 Å². The van der Waals surface area contributed by atoms with E-state index in [-0.39, 0.29) is 11.3 Å². The number of carbonyl (C=O) groups is 2. The van der Waals surface area contributed by atoms with Crippen LogP contribution >= 0.6 is 0 Å². The minimum absolute atomic E-state index is 0.155. The van der Waals surface area contributed by atoms with Gasteiger partial charge in [0.1, 0.15) is 5.60 Å². The number of methoxy groups -OCH3 is 1. The van der Waals surface area contributed by atoms with Crippen molar-refractivity contribution in [1.82, 2.24) is 14.4 Å². The van der Waals surface area contributed by atoms with Crippen molar-refractivity contribution < 1.29 is 32.2 Å². The van der Waals surface area contributed by atoms with Gasteiger partial charge in [0, 0.05) is 36.3 Å². The van der Waals surface area contributed by atoms with E-state index in [4.69, 9.17) is 9.47 Å². The minimum Gasteiger partial charge on any atom is -0.465 e. The number of fused-ring (bicyclic) bond motifs is 1. The van der Waals surface area contributed by atoms with E-state index in [1.165, 1.54) is 7.11 Å². The number of ether oxygens (including phenoxy) is 2. The zero-order valence-corrected chi connectivity index (χ0v) is 22.7. The van der Waals surface area contributed by atoms with Gasteiger partial charge in [-0.05, 0) is 69.2 Å². The quantitative estimate of drug-likeness (QED) is 0.242. The molecule has 0 atom stereocenters. The van der Waals surface area contributed by atoms with Gasteiger partial charge in [-0.15, -0.1) is 0 Å². The number of halogens is 3. The first-order valence-corrected chi connectivity index (χ1v) is 12.5. The maximum Gasteiger partial charge on any atom is 0.414 e. The van der Waals surface area contributed by atoms with Crippen molar-refractivity contribution in [3.63, 3.8) is 0 Å². The highest BCUT2D eigenvalue weighted by atomic mass is 19.4. The van der Waals surface area contributed by atoms with Gasteiger partial charge in [-0.1, -0.05) is 6.07 Å². The minimum atomic E-state index is -4.50. The van der Waals surface area contributed by atoms with Gasteiger partial charge >= 0.3 is 18.2 Å². The average Bonchev–Trinajstić information content (AvgIpc) is 3.31. The number of benzene rings is 1. The lowest BCUT2D eigenvalue weighted by molar-refractivity contribution is -0.132. The second-order valence-corrected chi connectivity index (χ2v) is 10.2. The summed E-state index contributed by atoms with van der Waals surface area (Å²) in [5, 5.41) is 0. The van der Waals surface area contributed by atoms with E-state index in [0.29, 0.717) is 27.9 Å². The van der Waals surface area contributed by atoms with E-state index in [9.17, 15) is 22.8 Å². The van der Waals surface area contributed by atoms with Crippen LogP contribution < -0.4 is 4.90 Å². The zero-order valence-electron chi connectivity index (χ0n) is 22.7. The Hall–Kier alpha value is -4.41. The molecule has 0 fully saturated rings. The van der Waals surface area contributed by atoms with Crippen molar-refractivity contribution in [2.24, 2.45) is 0 Å². The number of hydrogen-bond donors (Lipinski definition) is 0. The molecule has 0 aliphatic rings. The van der Waals surface area contributed by atoms with Crippen molar-refractivity contribution >= 4 is 23.4 Å². The van der Waals surface area contributed by atoms with Crippen molar-refractivity contribution in [2.45, 2.75) is 45.9 Å². The molecule has 0 bridgehead atoms. The molecule has 1 aromatic carbocycles. The van der Waals surface area contributed by atoms with Crippen LogP contribution in [0.2, 0.25) is 0 Å². The van der Waals surface area contributed by atoms with Gasteiger partial charge < -0.3 is 9.47 Å². The summed E-state index contributed by atoms with van der Waals surface area (Å²) >= 11 is 0. The van der Waals surface area contributed by atoms with E-state index >= 15 is 0 Å². The molecule has 0 radical (unpaired) electrons. The number of aryl methyl sites for hydroxylation is 1. The standard InChI is InChI=1S/C29H29F3N4O4/c1-18-14-20(6-7-22(18)26(37)39-5)24-16-34-25-23(15-21(17-36(24)25)19-8-11-33-12-9-19)35(13-10-29(30,31)32)27(38)40-28(2,3)4/h6-9,11-12,14-17H,10,13H2,1-5H3. The largest absolute Gasteiger partial charge is 0.465 e. The molecule has 4 aromatic rings. The Kier molecular flexibility index (Phi) is 7.86. The van der Waals surface area contributed by atoms with Gasteiger partial charge in [-0.3, -0.25) is 14.3 Å². The summed E-state index contributed by atoms with van der Waals surface area (Å²) in [6.07, 6.45) is -0.113. The third-order valence-corrected chi connectivity index (χ3v) is 6.05. The van der Waals surface area contributed by atoms with Gasteiger partial charge in [0.15, 0.2) is 5.65 Å². The summed E-state index contributed by atoms with van der Waals surface area (Å²) in [6, 6.07) is 10.3. The lowest BCUT2D eigenvalue weighted by atomic mass is 10.0. The number of pyridine rings is 2. The van der Waals surface area contributed by atoms with Gasteiger partial charge in [-0.2, -0.15) is 13.2 Å². The Labute approximate surface area is 229 Å². The van der Waals surface area contributed by atoms with E-state index in [1.807, 2.05) is 0 Å². The molecule has 8 nitrogen and oxygen atoms in total. The molecule has 11 heteroatoms. The first-order chi connectivity index (χ1) is 18.8. The number of amides is 1. The van der Waals surface area contributed by atoms with E-state index in [2.05, 4.69) is 9.97 Å². The van der Waals surface area contributed by atoms with Gasteiger partial charge in [-0.25, -0.2) is 14.6 Å². The fraction of sp³-hybridized carbons (Fsp3) is 0.310. The summed E-state index contributed by atoms with van der Waals surface area (Å²) in [7, 11) is 1.30. The third-order valence-electron chi connectivity index (χ3n) is 6.05. The summed E-state index contributed by atoms with van der Waals surface area (Å²) in [5.41, 5.74) is 3.21. The number of carbonyl (C=O) groups excluding carboxylic acids is 2. The average molecular weight is 555 g/mol. The molecular formula is C29H29F3N4O4. The topological polar surface area (TPSA) is 86.0 Å². The number of rotatable bonds is 6. The van der Waals surface area contributed by atoms with Crippen LogP contribution in [-0.4, -0.2) is 51.9 Å². The number of esters is 1. The normalized spacial score (nSPS) is 11.9. The zero-order chi connectivity index (χ0) is 29.2. The number of hydrogen-bond acceptors (Lipinski definition) is 6. The van der Waals surface area contributed by atoms with Gasteiger partial charge in [0.2, 0.25) is 0 Å². The van der Waals surface area contributed by atoms with Gasteiger partial charge in [0.25, 0.3) is 0 Å². The first-order valence-electron chi connectivity index (χ1n) is 12.5. The SMILES string of the molecule is COC(=O)c1ccc(-c2cnc3c(N(CCC(F)(F)F)C(=O)OC(C)(C)C)cc(-c4ccncc4)cn23)cc1C. The number of nitrogens with zero attached hydrogens (tertiary/aromatic N) is 4. The van der Waals surface area contributed by atoms with Crippen molar-refractivity contribution in [3.8, 4) is 22.4 Å². The van der Waals surface area contributed by atoms with Crippen LogP contribution in [0, 0.1) is 6.92 Å². The summed E-state index contributed by atoms with van der Waals surface area (Å²) in [4.78, 5) is 34.9. The summed E-state index contributed by atoms with van der Waals surface area (Å²) in [6.45, 7) is 6.04. The van der Waals surface area contributed by atoms with Crippen LogP contribution in [0.25, 0.3) is 28.0 Å². The highest BCUT2D eigenvalue weighted by Gasteiger charge is 2.33. The molecule has 0 aliphatic heterocycles. The Morgan fingerprint density at radius 2 is 1.70 bits per heavy atom. The molecule has 210 valence electrons. The van der Waals surface area contributed by atoms with Crippen LogP contribution in [0.4, 0.5) is 23.7 Å². The van der Waals surface area contributed by atoms with E-state index in [0.717, 1.165) is 10.5 Å². The molecule has 3 heterocycles. The smallest absolute Gasteiger partial charge is 0.414 e. The molecule has 0 saturated carbocycles. The second kappa shape index (κ2) is 11.0. The molecule has 0 N–H and O–H groups in total. The predicted molar refractivity (Wildman–Crippen MR) is 144 cm³/mol. The molecule has 4 rings (SSSR count). The van der Waals surface area contributed by atoms with Crippen molar-refractivity contribution in [3.05, 3.63) is 72.3 Å². The molecule has 0 unspecified atom stereocenters. The highest BCUT2D eigenvalue weighted by Crippen LogP contribution is 2.34. The summed E-state index contributed by atoms with van der Waals surface area (Å²) < 4.78 is 52.0. The van der Waals surface area contributed by atoms with Crippen LogP contribution in [0.1, 0.15) is 43.1 Å². The lowest BCUT2D eigenvalue weighted by Gasteiger charge is -2.28. The molecular weight excluding hydrogens is 525 g/mol. The van der Waals surface area contributed by atoms with Crippen molar-refractivity contribution in [2.75, 3.05) is 18.6 Å². The van der Waals surface area contributed by atoms with Crippen LogP contribution in [0.15, 0.2) is 61.2 Å². The fourth-order valence-corrected chi connectivity index (χ4v) is 4.21. The Bertz CT molecular complexity index is 1540. The maximum atomic E-state index is 13.3. The molecule has 0 saturated heterocycles. The second-order valence-electron chi connectivity index (χ2n) is 10.2. The number of aromatic nitrogens is 3. The Morgan fingerprint density at radius 1 is 1.00 bits per heavy atom. The number of anilines is 1. The maximum absolute atomic E-state index is 13.3. The first kappa shape index (κ1) is 28.6. The fourth-order valence-electron chi connectivity index (χ4n) is 4.21. The van der Waals surface area contributed by atoms with Gasteiger partial charge in [0.05, 0.1) is 36.7 Å². The summed E-state index contributed by atoms with van der Waals surface area (Å²) in [5.74, 6) is -0.470. The monoisotopic (exact) mass is 554 g/mol. The van der Waals surface area contributed by atoms with Crippen molar-refractivity contribution in [1.29, 1.82) is 0 Å². The highest BCUT2D eigenvalue weighted by molar-refractivity contribution is 5.95. The number of imidazole rings is 1. The van der Waals surface area contributed by atoms with E-state index in [1.54, 1.807) is 93.3 Å². The Balaban J connectivity index is 1.94. The Morgan fingerprint density at radius 3 is 2.30 bits per heavy atom. The molecule has 0 spiro atoms. The molecule has 0 aliphatic carbocycles. The molecule has 3 aromatic heterocycles. The van der Waals surface area contributed by atoms with Crippen LogP contribution in [0.3, 0.4) is 0 Å². The van der Waals surface area contributed by atoms with E-state index < -0.39 is 36.8 Å². The van der Waals surface area contributed by atoms with Crippen LogP contribution in [0.5, 0.6) is 0 Å². The molecule has 1 amide bonds. The third kappa shape index (κ3) is 6.41. The molecule has 40 heavy (non-hydrogen) atoms. The number of alkyl halides is 3. The predicted octanol–water partition coefficient (Wildman–Crippen LogP) is 6.85. The lowest BCUT2D eigenvalue weighted by Crippen LogP contribution is -2.39.